The number of hydrogen-bond donors (Lipinski definition) is 1. The monoisotopic (exact) mass is 180 g/mol. The zero-order chi connectivity index (χ0) is 9.47. The summed E-state index contributed by atoms with van der Waals surface area (Å²) in [6, 6.07) is 1.86. The number of nitrogens with zero attached hydrogens (tertiary/aromatic N) is 1. The molecule has 1 aliphatic rings. The summed E-state index contributed by atoms with van der Waals surface area (Å²) >= 11 is 0. The molecule has 0 aromatic carbocycles. The third-order valence-corrected chi connectivity index (χ3v) is 3.16. The summed E-state index contributed by atoms with van der Waals surface area (Å²) in [5, 5.41) is 3.99. The molecule has 0 bridgehead atoms. The Morgan fingerprint density at radius 2 is 2.38 bits per heavy atom. The van der Waals surface area contributed by atoms with Gasteiger partial charge in [-0.05, 0) is 18.3 Å². The minimum atomic E-state index is 0.351. The third-order valence-electron chi connectivity index (χ3n) is 3.16. The van der Waals surface area contributed by atoms with Crippen LogP contribution < -0.4 is 5.73 Å². The van der Waals surface area contributed by atoms with Gasteiger partial charge in [-0.15, -0.1) is 0 Å². The van der Waals surface area contributed by atoms with Crippen LogP contribution >= 0.6 is 0 Å². The summed E-state index contributed by atoms with van der Waals surface area (Å²) in [6.45, 7) is 4.57. The van der Waals surface area contributed by atoms with E-state index in [1.54, 1.807) is 0 Å². The lowest BCUT2D eigenvalue weighted by molar-refractivity contribution is 0.314. The Morgan fingerprint density at radius 1 is 1.62 bits per heavy atom. The van der Waals surface area contributed by atoms with Gasteiger partial charge in [-0.1, -0.05) is 25.4 Å². The molecule has 1 aromatic heterocycles. The van der Waals surface area contributed by atoms with Crippen molar-refractivity contribution in [3.8, 4) is 0 Å². The Labute approximate surface area is 78.3 Å². The molecule has 1 aliphatic carbocycles. The minimum Gasteiger partial charge on any atom is -0.368 e. The van der Waals surface area contributed by atoms with Gasteiger partial charge >= 0.3 is 0 Å². The molecule has 1 aromatic rings. The highest BCUT2D eigenvalue weighted by atomic mass is 16.5. The van der Waals surface area contributed by atoms with Crippen molar-refractivity contribution in [1.29, 1.82) is 0 Å². The van der Waals surface area contributed by atoms with Gasteiger partial charge in [-0.2, -0.15) is 0 Å². The van der Waals surface area contributed by atoms with Crippen LogP contribution in [-0.4, -0.2) is 5.16 Å². The summed E-state index contributed by atoms with van der Waals surface area (Å²) in [7, 11) is 0. The summed E-state index contributed by atoms with van der Waals surface area (Å²) in [4.78, 5) is 0. The van der Waals surface area contributed by atoms with E-state index in [9.17, 15) is 0 Å². The maximum absolute atomic E-state index is 5.51. The van der Waals surface area contributed by atoms with Crippen LogP contribution in [0.15, 0.2) is 10.6 Å². The lowest BCUT2D eigenvalue weighted by Gasteiger charge is -2.24. The normalized spacial score (nSPS) is 26.5. The van der Waals surface area contributed by atoms with E-state index in [1.165, 1.54) is 19.3 Å². The maximum Gasteiger partial charge on any atom is 0.222 e. The van der Waals surface area contributed by atoms with Crippen molar-refractivity contribution < 1.29 is 4.52 Å². The van der Waals surface area contributed by atoms with E-state index in [4.69, 9.17) is 10.3 Å². The minimum absolute atomic E-state index is 0.351. The molecular weight excluding hydrogens is 164 g/mol. The van der Waals surface area contributed by atoms with Crippen LogP contribution in [0.2, 0.25) is 0 Å². The fourth-order valence-corrected chi connectivity index (χ4v) is 2.34. The van der Waals surface area contributed by atoms with Crippen molar-refractivity contribution in [3.63, 3.8) is 0 Å². The van der Waals surface area contributed by atoms with Gasteiger partial charge in [0.2, 0.25) is 5.88 Å². The van der Waals surface area contributed by atoms with Crippen molar-refractivity contribution in [1.82, 2.24) is 5.16 Å². The summed E-state index contributed by atoms with van der Waals surface area (Å²) < 4.78 is 4.90. The summed E-state index contributed by atoms with van der Waals surface area (Å²) in [6.07, 6.45) is 3.76. The largest absolute Gasteiger partial charge is 0.368 e. The van der Waals surface area contributed by atoms with Crippen molar-refractivity contribution in [2.75, 3.05) is 5.73 Å². The zero-order valence-corrected chi connectivity index (χ0v) is 8.21. The molecule has 0 spiro atoms. The summed E-state index contributed by atoms with van der Waals surface area (Å²) in [5.74, 6) is 0.950. The molecule has 2 N–H and O–H groups in total. The van der Waals surface area contributed by atoms with Crippen molar-refractivity contribution in [3.05, 3.63) is 11.8 Å². The molecule has 0 radical (unpaired) electrons. The summed E-state index contributed by atoms with van der Waals surface area (Å²) in [5.41, 5.74) is 6.88. The van der Waals surface area contributed by atoms with Crippen molar-refractivity contribution in [2.45, 2.75) is 39.0 Å². The average Bonchev–Trinajstić information content (AvgIpc) is 2.56. The van der Waals surface area contributed by atoms with Crippen LogP contribution in [0.25, 0.3) is 0 Å². The zero-order valence-electron chi connectivity index (χ0n) is 8.21. The number of nitrogen functional groups attached to an aromatic ring is 1. The molecule has 3 nitrogen and oxygen atoms in total. The second-order valence-electron chi connectivity index (χ2n) is 4.59. The lowest BCUT2D eigenvalue weighted by Crippen LogP contribution is -2.15. The Bertz CT molecular complexity index is 304. The average molecular weight is 180 g/mol. The highest BCUT2D eigenvalue weighted by Crippen LogP contribution is 2.48. The SMILES string of the molecule is CC1(C)CCCC1c1cc(N)on1. The fraction of sp³-hybridized carbons (Fsp3) is 0.700. The quantitative estimate of drug-likeness (QED) is 0.722. The van der Waals surface area contributed by atoms with E-state index in [0.717, 1.165) is 5.69 Å². The van der Waals surface area contributed by atoms with Crippen molar-refractivity contribution >= 4 is 5.88 Å². The standard InChI is InChI=1S/C10H16N2O/c1-10(2)5-3-4-7(10)8-6-9(11)13-12-8/h6-7H,3-5,11H2,1-2H3. The predicted octanol–water partition coefficient (Wildman–Crippen LogP) is 2.55. The Hall–Kier alpha value is -0.990. The Kier molecular flexibility index (Phi) is 1.82. The first-order valence-corrected chi connectivity index (χ1v) is 4.82. The second-order valence-corrected chi connectivity index (χ2v) is 4.59. The topological polar surface area (TPSA) is 52.0 Å². The lowest BCUT2D eigenvalue weighted by atomic mass is 9.80. The smallest absolute Gasteiger partial charge is 0.222 e. The molecule has 1 atom stereocenters. The van der Waals surface area contributed by atoms with Gasteiger partial charge in [0.05, 0.1) is 5.69 Å². The number of hydrogen-bond acceptors (Lipinski definition) is 3. The van der Waals surface area contributed by atoms with E-state index in [-0.39, 0.29) is 0 Å². The molecule has 1 saturated carbocycles. The molecule has 1 fully saturated rings. The van der Waals surface area contributed by atoms with E-state index < -0.39 is 0 Å². The maximum atomic E-state index is 5.51. The highest BCUT2D eigenvalue weighted by Gasteiger charge is 2.37. The van der Waals surface area contributed by atoms with Gasteiger partial charge in [0.15, 0.2) is 0 Å². The molecule has 3 heteroatoms. The van der Waals surface area contributed by atoms with Gasteiger partial charge < -0.3 is 10.3 Å². The molecule has 13 heavy (non-hydrogen) atoms. The van der Waals surface area contributed by atoms with Gasteiger partial charge in [-0.25, -0.2) is 0 Å². The number of rotatable bonds is 1. The fourth-order valence-electron chi connectivity index (χ4n) is 2.34. The molecule has 72 valence electrons. The number of anilines is 1. The third kappa shape index (κ3) is 1.43. The van der Waals surface area contributed by atoms with Crippen LogP contribution in [0.3, 0.4) is 0 Å². The molecule has 2 rings (SSSR count). The number of aromatic nitrogens is 1. The van der Waals surface area contributed by atoms with Gasteiger partial charge in [0, 0.05) is 12.0 Å². The first-order valence-electron chi connectivity index (χ1n) is 4.82. The van der Waals surface area contributed by atoms with Crippen molar-refractivity contribution in [2.24, 2.45) is 5.41 Å². The molecule has 0 aliphatic heterocycles. The molecule has 0 amide bonds. The Balaban J connectivity index is 2.26. The van der Waals surface area contributed by atoms with Crippen LogP contribution in [0.5, 0.6) is 0 Å². The van der Waals surface area contributed by atoms with Crippen LogP contribution in [0.1, 0.15) is 44.7 Å². The second kappa shape index (κ2) is 2.76. The van der Waals surface area contributed by atoms with Gasteiger partial charge in [-0.3, -0.25) is 0 Å². The van der Waals surface area contributed by atoms with E-state index in [1.807, 2.05) is 6.07 Å². The molecule has 1 heterocycles. The first kappa shape index (κ1) is 8.60. The predicted molar refractivity (Wildman–Crippen MR) is 51.3 cm³/mol. The Morgan fingerprint density at radius 3 is 2.85 bits per heavy atom. The van der Waals surface area contributed by atoms with Crippen LogP contribution in [0.4, 0.5) is 5.88 Å². The van der Waals surface area contributed by atoms with E-state index >= 15 is 0 Å². The van der Waals surface area contributed by atoms with Crippen LogP contribution in [-0.2, 0) is 0 Å². The van der Waals surface area contributed by atoms with Gasteiger partial charge in [0.1, 0.15) is 0 Å². The first-order chi connectivity index (χ1) is 6.09. The number of nitrogens with two attached hydrogens (primary N) is 1. The van der Waals surface area contributed by atoms with Gasteiger partial charge in [0.25, 0.3) is 0 Å². The van der Waals surface area contributed by atoms with E-state index in [0.29, 0.717) is 17.2 Å². The van der Waals surface area contributed by atoms with Crippen LogP contribution in [0, 0.1) is 5.41 Å². The highest BCUT2D eigenvalue weighted by molar-refractivity contribution is 5.27. The van der Waals surface area contributed by atoms with E-state index in [2.05, 4.69) is 19.0 Å². The molecule has 0 saturated heterocycles. The molecular formula is C10H16N2O. The molecule has 1 unspecified atom stereocenters.